The first kappa shape index (κ1) is 22.7. The van der Waals surface area contributed by atoms with Crippen molar-refractivity contribution in [2.24, 2.45) is 11.8 Å². The van der Waals surface area contributed by atoms with E-state index in [0.29, 0.717) is 11.8 Å². The van der Waals surface area contributed by atoms with Crippen LogP contribution in [0.3, 0.4) is 0 Å². The van der Waals surface area contributed by atoms with E-state index in [1.165, 1.54) is 5.56 Å². The maximum absolute atomic E-state index is 13.3. The SMILES string of the molecule is O=C(C1CCN(c2ccc3nnc(-c4ccccc4)n3n2)CC1)N1CCC(Cc2ccccc2)CC1. The fourth-order valence-electron chi connectivity index (χ4n) is 5.63. The molecule has 4 heterocycles. The molecule has 6 rings (SSSR count). The summed E-state index contributed by atoms with van der Waals surface area (Å²) >= 11 is 0. The van der Waals surface area contributed by atoms with Gasteiger partial charge in [0.25, 0.3) is 0 Å². The highest BCUT2D eigenvalue weighted by Gasteiger charge is 2.31. The lowest BCUT2D eigenvalue weighted by Crippen LogP contribution is -2.45. The summed E-state index contributed by atoms with van der Waals surface area (Å²) in [7, 11) is 0. The number of carbonyl (C=O) groups excluding carboxylic acids is 1. The number of piperidine rings is 2. The predicted molar refractivity (Wildman–Crippen MR) is 141 cm³/mol. The summed E-state index contributed by atoms with van der Waals surface area (Å²) in [5, 5.41) is 13.5. The van der Waals surface area contributed by atoms with Gasteiger partial charge in [0.15, 0.2) is 11.5 Å². The Bertz CT molecular complexity index is 1310. The minimum absolute atomic E-state index is 0.116. The van der Waals surface area contributed by atoms with Crippen LogP contribution in [0.5, 0.6) is 0 Å². The fraction of sp³-hybridized carbons (Fsp3) is 0.379. The van der Waals surface area contributed by atoms with E-state index in [9.17, 15) is 4.79 Å². The Labute approximate surface area is 211 Å². The molecule has 1 amide bonds. The Balaban J connectivity index is 1.05. The highest BCUT2D eigenvalue weighted by atomic mass is 16.2. The van der Waals surface area contributed by atoms with Gasteiger partial charge in [-0.05, 0) is 55.7 Å². The van der Waals surface area contributed by atoms with Gasteiger partial charge in [0.2, 0.25) is 5.91 Å². The van der Waals surface area contributed by atoms with Gasteiger partial charge in [-0.2, -0.15) is 4.52 Å². The van der Waals surface area contributed by atoms with Crippen LogP contribution in [0, 0.1) is 11.8 Å². The molecule has 0 spiro atoms. The Morgan fingerprint density at radius 3 is 2.19 bits per heavy atom. The smallest absolute Gasteiger partial charge is 0.225 e. The molecule has 2 aromatic carbocycles. The van der Waals surface area contributed by atoms with Gasteiger partial charge in [-0.3, -0.25) is 4.79 Å². The minimum Gasteiger partial charge on any atom is -0.355 e. The first-order chi connectivity index (χ1) is 17.7. The zero-order valence-electron chi connectivity index (χ0n) is 20.5. The van der Waals surface area contributed by atoms with Crippen LogP contribution in [-0.4, -0.2) is 56.8 Å². The largest absolute Gasteiger partial charge is 0.355 e. The topological polar surface area (TPSA) is 66.6 Å². The zero-order chi connectivity index (χ0) is 24.3. The van der Waals surface area contributed by atoms with E-state index in [4.69, 9.17) is 5.10 Å². The second-order valence-electron chi connectivity index (χ2n) is 10.1. The third kappa shape index (κ3) is 4.70. The third-order valence-corrected chi connectivity index (χ3v) is 7.74. The number of aromatic nitrogens is 4. The molecule has 2 aliphatic rings. The number of carbonyl (C=O) groups is 1. The number of anilines is 1. The lowest BCUT2D eigenvalue weighted by atomic mass is 9.88. The molecule has 0 atom stereocenters. The molecule has 0 N–H and O–H groups in total. The molecule has 7 heteroatoms. The lowest BCUT2D eigenvalue weighted by molar-refractivity contribution is -0.137. The summed E-state index contributed by atoms with van der Waals surface area (Å²) in [5.41, 5.74) is 3.13. The van der Waals surface area contributed by atoms with Crippen molar-refractivity contribution >= 4 is 17.4 Å². The number of nitrogens with zero attached hydrogens (tertiary/aromatic N) is 6. The summed E-state index contributed by atoms with van der Waals surface area (Å²) in [6.45, 7) is 3.46. The molecule has 2 fully saturated rings. The molecule has 0 unspecified atom stereocenters. The van der Waals surface area contributed by atoms with Crippen LogP contribution in [0.15, 0.2) is 72.8 Å². The van der Waals surface area contributed by atoms with E-state index < -0.39 is 0 Å². The number of likely N-dealkylation sites (tertiary alicyclic amines) is 1. The van der Waals surface area contributed by atoms with Gasteiger partial charge in [0, 0.05) is 37.7 Å². The average Bonchev–Trinajstić information content (AvgIpc) is 3.38. The number of amides is 1. The van der Waals surface area contributed by atoms with Crippen LogP contribution in [0.4, 0.5) is 5.82 Å². The first-order valence-electron chi connectivity index (χ1n) is 13.1. The van der Waals surface area contributed by atoms with Crippen molar-refractivity contribution in [3.8, 4) is 11.4 Å². The van der Waals surface area contributed by atoms with E-state index in [-0.39, 0.29) is 5.92 Å². The van der Waals surface area contributed by atoms with Crippen LogP contribution in [-0.2, 0) is 11.2 Å². The standard InChI is InChI=1S/C29H32N6O/c36-29(34-17-13-23(14-18-34)21-22-7-3-1-4-8-22)25-15-19-33(20-16-25)27-12-11-26-30-31-28(35(26)32-27)24-9-5-2-6-10-24/h1-12,23,25H,13-21H2. The molecule has 0 bridgehead atoms. The van der Waals surface area contributed by atoms with Gasteiger partial charge in [0.05, 0.1) is 0 Å². The van der Waals surface area contributed by atoms with Gasteiger partial charge >= 0.3 is 0 Å². The number of fused-ring (bicyclic) bond motifs is 1. The summed E-state index contributed by atoms with van der Waals surface area (Å²) in [5.74, 6) is 2.80. The zero-order valence-corrected chi connectivity index (χ0v) is 20.5. The molecule has 2 aromatic heterocycles. The van der Waals surface area contributed by atoms with E-state index in [0.717, 1.165) is 81.1 Å². The normalized spacial score (nSPS) is 17.6. The Hall–Kier alpha value is -3.74. The van der Waals surface area contributed by atoms with Gasteiger partial charge in [-0.15, -0.1) is 15.3 Å². The second-order valence-corrected chi connectivity index (χ2v) is 10.1. The maximum atomic E-state index is 13.3. The van der Waals surface area contributed by atoms with Crippen LogP contribution >= 0.6 is 0 Å². The highest BCUT2D eigenvalue weighted by Crippen LogP contribution is 2.28. The molecule has 0 radical (unpaired) electrons. The maximum Gasteiger partial charge on any atom is 0.225 e. The number of rotatable bonds is 5. The van der Waals surface area contributed by atoms with Gasteiger partial charge in [-0.1, -0.05) is 60.7 Å². The van der Waals surface area contributed by atoms with Crippen LogP contribution in [0.25, 0.3) is 17.0 Å². The Kier molecular flexibility index (Phi) is 6.36. The summed E-state index contributed by atoms with van der Waals surface area (Å²) in [6.07, 6.45) is 5.07. The van der Waals surface area contributed by atoms with Crippen molar-refractivity contribution in [2.75, 3.05) is 31.1 Å². The monoisotopic (exact) mass is 480 g/mol. The number of hydrogen-bond acceptors (Lipinski definition) is 5. The fourth-order valence-corrected chi connectivity index (χ4v) is 5.63. The van der Waals surface area contributed by atoms with Crippen LogP contribution in [0.2, 0.25) is 0 Å². The van der Waals surface area contributed by atoms with E-state index >= 15 is 0 Å². The second kappa shape index (κ2) is 10.1. The van der Waals surface area contributed by atoms with Crippen LogP contribution in [0.1, 0.15) is 31.2 Å². The van der Waals surface area contributed by atoms with Crippen molar-refractivity contribution in [1.29, 1.82) is 0 Å². The van der Waals surface area contributed by atoms with Crippen molar-refractivity contribution in [3.05, 3.63) is 78.4 Å². The molecular weight excluding hydrogens is 448 g/mol. The third-order valence-electron chi connectivity index (χ3n) is 7.74. The Morgan fingerprint density at radius 2 is 1.47 bits per heavy atom. The Morgan fingerprint density at radius 1 is 0.778 bits per heavy atom. The number of hydrogen-bond donors (Lipinski definition) is 0. The van der Waals surface area contributed by atoms with E-state index in [1.807, 2.05) is 47.0 Å². The van der Waals surface area contributed by atoms with Crippen LogP contribution < -0.4 is 4.90 Å². The highest BCUT2D eigenvalue weighted by molar-refractivity contribution is 5.79. The van der Waals surface area contributed by atoms with Gasteiger partial charge < -0.3 is 9.80 Å². The number of benzene rings is 2. The molecular formula is C29H32N6O. The molecule has 2 aliphatic heterocycles. The quantitative estimate of drug-likeness (QED) is 0.421. The van der Waals surface area contributed by atoms with Gasteiger partial charge in [0.1, 0.15) is 5.82 Å². The molecule has 36 heavy (non-hydrogen) atoms. The van der Waals surface area contributed by atoms with E-state index in [1.54, 1.807) is 0 Å². The first-order valence-corrected chi connectivity index (χ1v) is 13.1. The minimum atomic E-state index is 0.116. The summed E-state index contributed by atoms with van der Waals surface area (Å²) in [6, 6.07) is 24.7. The van der Waals surface area contributed by atoms with Gasteiger partial charge in [-0.25, -0.2) is 0 Å². The summed E-state index contributed by atoms with van der Waals surface area (Å²) in [4.78, 5) is 17.7. The molecule has 0 aliphatic carbocycles. The van der Waals surface area contributed by atoms with E-state index in [2.05, 4.69) is 50.3 Å². The lowest BCUT2D eigenvalue weighted by Gasteiger charge is -2.37. The average molecular weight is 481 g/mol. The van der Waals surface area contributed by atoms with Crippen molar-refractivity contribution in [1.82, 2.24) is 24.7 Å². The van der Waals surface area contributed by atoms with Crippen molar-refractivity contribution in [2.45, 2.75) is 32.1 Å². The van der Waals surface area contributed by atoms with Crippen molar-refractivity contribution < 1.29 is 4.79 Å². The summed E-state index contributed by atoms with van der Waals surface area (Å²) < 4.78 is 1.82. The van der Waals surface area contributed by atoms with Crippen molar-refractivity contribution in [3.63, 3.8) is 0 Å². The molecule has 7 nitrogen and oxygen atoms in total. The molecule has 4 aromatic rings. The molecule has 184 valence electrons. The predicted octanol–water partition coefficient (Wildman–Crippen LogP) is 4.49. The molecule has 0 saturated carbocycles. The molecule has 2 saturated heterocycles.